The third-order valence-electron chi connectivity index (χ3n) is 4.85. The van der Waals surface area contributed by atoms with Crippen LogP contribution >= 0.6 is 11.3 Å². The zero-order valence-corrected chi connectivity index (χ0v) is 12.1. The van der Waals surface area contributed by atoms with Crippen molar-refractivity contribution >= 4 is 11.3 Å². The standard InChI is InChI=1S/C15H24N2S/c1-2-12-3-8-18-14(12)11-17-10-13-9-15(13)4-6-16-7-5-15/h3,8,13,16-17H,2,4-7,9-11H2,1H3. The molecule has 100 valence electrons. The summed E-state index contributed by atoms with van der Waals surface area (Å²) in [5, 5.41) is 9.39. The Hall–Kier alpha value is -0.380. The van der Waals surface area contributed by atoms with Crippen LogP contribution in [0.3, 0.4) is 0 Å². The molecule has 1 aliphatic heterocycles. The summed E-state index contributed by atoms with van der Waals surface area (Å²) < 4.78 is 0. The SMILES string of the molecule is CCc1ccsc1CNCC1CC12CCNCC2. The summed E-state index contributed by atoms with van der Waals surface area (Å²) >= 11 is 1.90. The van der Waals surface area contributed by atoms with Gasteiger partial charge < -0.3 is 10.6 Å². The maximum absolute atomic E-state index is 3.69. The second-order valence-electron chi connectivity index (χ2n) is 5.87. The summed E-state index contributed by atoms with van der Waals surface area (Å²) in [4.78, 5) is 1.54. The quantitative estimate of drug-likeness (QED) is 0.854. The van der Waals surface area contributed by atoms with Gasteiger partial charge in [0, 0.05) is 11.4 Å². The van der Waals surface area contributed by atoms with Gasteiger partial charge in [0.05, 0.1) is 0 Å². The predicted molar refractivity (Wildman–Crippen MR) is 78.0 cm³/mol. The number of thiophene rings is 1. The Morgan fingerprint density at radius 3 is 3.06 bits per heavy atom. The summed E-state index contributed by atoms with van der Waals surface area (Å²) in [6, 6.07) is 2.27. The van der Waals surface area contributed by atoms with Crippen LogP contribution in [0.4, 0.5) is 0 Å². The van der Waals surface area contributed by atoms with E-state index in [9.17, 15) is 0 Å². The molecule has 1 saturated heterocycles. The van der Waals surface area contributed by atoms with Gasteiger partial charge in [-0.1, -0.05) is 6.92 Å². The van der Waals surface area contributed by atoms with Gasteiger partial charge in [-0.15, -0.1) is 11.3 Å². The molecule has 3 heteroatoms. The third-order valence-corrected chi connectivity index (χ3v) is 5.82. The van der Waals surface area contributed by atoms with Crippen molar-refractivity contribution < 1.29 is 0 Å². The highest BCUT2D eigenvalue weighted by molar-refractivity contribution is 7.10. The van der Waals surface area contributed by atoms with Crippen LogP contribution in [0, 0.1) is 11.3 Å². The van der Waals surface area contributed by atoms with E-state index in [1.807, 2.05) is 11.3 Å². The molecule has 0 amide bonds. The molecule has 1 aromatic rings. The molecule has 1 unspecified atom stereocenters. The van der Waals surface area contributed by atoms with Gasteiger partial charge in [0.2, 0.25) is 0 Å². The molecule has 1 aromatic heterocycles. The lowest BCUT2D eigenvalue weighted by Crippen LogP contribution is -2.31. The molecule has 1 atom stereocenters. The van der Waals surface area contributed by atoms with Crippen molar-refractivity contribution in [2.75, 3.05) is 19.6 Å². The molecule has 2 fully saturated rings. The van der Waals surface area contributed by atoms with Gasteiger partial charge in [-0.2, -0.15) is 0 Å². The fourth-order valence-corrected chi connectivity index (χ4v) is 4.40. The first-order chi connectivity index (χ1) is 8.84. The van der Waals surface area contributed by atoms with Crippen molar-refractivity contribution in [3.05, 3.63) is 21.9 Å². The highest BCUT2D eigenvalue weighted by Crippen LogP contribution is 2.58. The molecule has 0 radical (unpaired) electrons. The first-order valence-electron chi connectivity index (χ1n) is 7.31. The molecule has 2 N–H and O–H groups in total. The fourth-order valence-electron chi connectivity index (χ4n) is 3.45. The van der Waals surface area contributed by atoms with Crippen molar-refractivity contribution in [2.24, 2.45) is 11.3 Å². The molecule has 0 aromatic carbocycles. The van der Waals surface area contributed by atoms with Gasteiger partial charge in [0.1, 0.15) is 0 Å². The summed E-state index contributed by atoms with van der Waals surface area (Å²) in [5.41, 5.74) is 2.25. The molecule has 1 saturated carbocycles. The molecule has 0 bridgehead atoms. The molecule has 2 nitrogen and oxygen atoms in total. The van der Waals surface area contributed by atoms with Gasteiger partial charge in [0.15, 0.2) is 0 Å². The number of piperidine rings is 1. The van der Waals surface area contributed by atoms with Crippen LogP contribution in [-0.2, 0) is 13.0 Å². The minimum Gasteiger partial charge on any atom is -0.317 e. The molecule has 18 heavy (non-hydrogen) atoms. The normalized spacial score (nSPS) is 25.5. The summed E-state index contributed by atoms with van der Waals surface area (Å²) in [6.07, 6.45) is 5.43. The summed E-state index contributed by atoms with van der Waals surface area (Å²) in [6.45, 7) is 7.02. The first kappa shape index (κ1) is 12.6. The molecule has 2 aliphatic rings. The topological polar surface area (TPSA) is 24.1 Å². The Kier molecular flexibility index (Phi) is 3.73. The van der Waals surface area contributed by atoms with E-state index in [4.69, 9.17) is 0 Å². The van der Waals surface area contributed by atoms with Gasteiger partial charge >= 0.3 is 0 Å². The molecular formula is C15H24N2S. The van der Waals surface area contributed by atoms with E-state index in [1.165, 1.54) is 55.8 Å². The molecule has 3 rings (SSSR count). The maximum atomic E-state index is 3.69. The van der Waals surface area contributed by atoms with E-state index in [0.29, 0.717) is 0 Å². The largest absolute Gasteiger partial charge is 0.317 e. The van der Waals surface area contributed by atoms with Crippen molar-refractivity contribution in [3.63, 3.8) is 0 Å². The van der Waals surface area contributed by atoms with E-state index >= 15 is 0 Å². The van der Waals surface area contributed by atoms with Gasteiger partial charge in [-0.25, -0.2) is 0 Å². The smallest absolute Gasteiger partial charge is 0.0302 e. The highest BCUT2D eigenvalue weighted by atomic mass is 32.1. The zero-order valence-electron chi connectivity index (χ0n) is 11.3. The third kappa shape index (κ3) is 2.49. The second kappa shape index (κ2) is 5.32. The minimum absolute atomic E-state index is 0.723. The Morgan fingerprint density at radius 2 is 2.28 bits per heavy atom. The lowest BCUT2D eigenvalue weighted by atomic mass is 9.92. The summed E-state index contributed by atoms with van der Waals surface area (Å²) in [7, 11) is 0. The number of hydrogen-bond donors (Lipinski definition) is 2. The zero-order chi connectivity index (χ0) is 12.4. The molecule has 1 aliphatic carbocycles. The van der Waals surface area contributed by atoms with E-state index in [2.05, 4.69) is 29.0 Å². The van der Waals surface area contributed by atoms with Crippen molar-refractivity contribution in [1.82, 2.24) is 10.6 Å². The van der Waals surface area contributed by atoms with Crippen LogP contribution in [0.5, 0.6) is 0 Å². The van der Waals surface area contributed by atoms with Crippen LogP contribution in [0.2, 0.25) is 0 Å². The van der Waals surface area contributed by atoms with Gasteiger partial charge in [-0.05, 0) is 73.7 Å². The maximum Gasteiger partial charge on any atom is 0.0302 e. The number of aryl methyl sites for hydroxylation is 1. The number of nitrogens with one attached hydrogen (secondary N) is 2. The van der Waals surface area contributed by atoms with E-state index in [-0.39, 0.29) is 0 Å². The van der Waals surface area contributed by atoms with E-state index in [0.717, 1.165) is 17.9 Å². The van der Waals surface area contributed by atoms with Crippen molar-refractivity contribution in [1.29, 1.82) is 0 Å². The van der Waals surface area contributed by atoms with Gasteiger partial charge in [-0.3, -0.25) is 0 Å². The second-order valence-corrected chi connectivity index (χ2v) is 6.87. The highest BCUT2D eigenvalue weighted by Gasteiger charge is 2.52. The van der Waals surface area contributed by atoms with Crippen LogP contribution in [0.15, 0.2) is 11.4 Å². The fraction of sp³-hybridized carbons (Fsp3) is 0.733. The Balaban J connectivity index is 1.43. The number of hydrogen-bond acceptors (Lipinski definition) is 3. The van der Waals surface area contributed by atoms with E-state index in [1.54, 1.807) is 0 Å². The van der Waals surface area contributed by atoms with Crippen molar-refractivity contribution in [2.45, 2.75) is 39.2 Å². The van der Waals surface area contributed by atoms with Crippen LogP contribution in [0.25, 0.3) is 0 Å². The summed E-state index contributed by atoms with van der Waals surface area (Å²) in [5.74, 6) is 0.949. The number of rotatable bonds is 5. The van der Waals surface area contributed by atoms with Crippen LogP contribution in [0.1, 0.15) is 36.6 Å². The van der Waals surface area contributed by atoms with Crippen LogP contribution in [-0.4, -0.2) is 19.6 Å². The average molecular weight is 264 g/mol. The van der Waals surface area contributed by atoms with Crippen LogP contribution < -0.4 is 10.6 Å². The Bertz CT molecular complexity index is 393. The van der Waals surface area contributed by atoms with Gasteiger partial charge in [0.25, 0.3) is 0 Å². The monoisotopic (exact) mass is 264 g/mol. The Labute approximate surface area is 114 Å². The lowest BCUT2D eigenvalue weighted by molar-refractivity contribution is 0.319. The minimum atomic E-state index is 0.723. The lowest BCUT2D eigenvalue weighted by Gasteiger charge is -2.23. The predicted octanol–water partition coefficient (Wildman–Crippen LogP) is 2.79. The average Bonchev–Trinajstić information content (AvgIpc) is 2.87. The van der Waals surface area contributed by atoms with Crippen molar-refractivity contribution in [3.8, 4) is 0 Å². The molecule has 2 heterocycles. The first-order valence-corrected chi connectivity index (χ1v) is 8.19. The molecular weight excluding hydrogens is 240 g/mol. The van der Waals surface area contributed by atoms with E-state index < -0.39 is 0 Å². The molecule has 1 spiro atoms. The Morgan fingerprint density at radius 1 is 1.44 bits per heavy atom.